The highest BCUT2D eigenvalue weighted by molar-refractivity contribution is 6.30. The predicted octanol–water partition coefficient (Wildman–Crippen LogP) is 2.15. The van der Waals surface area contributed by atoms with Gasteiger partial charge in [-0.25, -0.2) is 0 Å². The first-order valence-electron chi connectivity index (χ1n) is 5.68. The number of guanidine groups is 2. The van der Waals surface area contributed by atoms with Gasteiger partial charge in [0.1, 0.15) is 0 Å². The van der Waals surface area contributed by atoms with Crippen molar-refractivity contribution >= 4 is 29.2 Å². The van der Waals surface area contributed by atoms with Crippen LogP contribution in [0.4, 0.5) is 5.69 Å². The monoisotopic (exact) mass is 267 g/mol. The third-order valence-corrected chi connectivity index (χ3v) is 2.85. The molecule has 5 nitrogen and oxygen atoms in total. The second-order valence-corrected chi connectivity index (χ2v) is 4.40. The number of hydrogen-bond acceptors (Lipinski definition) is 1. The number of rotatable bonds is 3. The summed E-state index contributed by atoms with van der Waals surface area (Å²) in [4.78, 5) is 5.55. The highest BCUT2D eigenvalue weighted by Crippen LogP contribution is 2.21. The van der Waals surface area contributed by atoms with Crippen molar-refractivity contribution < 1.29 is 0 Å². The third kappa shape index (κ3) is 3.63. The number of aliphatic imine (C=N–C) groups is 1. The Morgan fingerprint density at radius 1 is 1.39 bits per heavy atom. The third-order valence-electron chi connectivity index (χ3n) is 2.60. The maximum atomic E-state index is 7.95. The fourth-order valence-corrected chi connectivity index (χ4v) is 1.67. The number of nitrogens with zero attached hydrogens (tertiary/aromatic N) is 2. The van der Waals surface area contributed by atoms with Gasteiger partial charge in [-0.15, -0.1) is 0 Å². The quantitative estimate of drug-likeness (QED) is 0.579. The maximum Gasteiger partial charge on any atom is 0.225 e. The van der Waals surface area contributed by atoms with Crippen LogP contribution in [0.15, 0.2) is 29.3 Å². The van der Waals surface area contributed by atoms with E-state index in [1.54, 1.807) is 17.0 Å². The van der Waals surface area contributed by atoms with Gasteiger partial charge < -0.3 is 16.4 Å². The van der Waals surface area contributed by atoms with Crippen LogP contribution in [0.3, 0.4) is 0 Å². The van der Waals surface area contributed by atoms with E-state index >= 15 is 0 Å². The Kier molecular flexibility index (Phi) is 4.97. The Hall–Kier alpha value is -1.75. The molecule has 1 aromatic carbocycles. The van der Waals surface area contributed by atoms with Gasteiger partial charge in [-0.3, -0.25) is 5.41 Å². The number of anilines is 1. The summed E-state index contributed by atoms with van der Waals surface area (Å²) in [7, 11) is 0. The molecule has 0 bridgehead atoms. The summed E-state index contributed by atoms with van der Waals surface area (Å²) in [5, 5.41) is 8.60. The Morgan fingerprint density at radius 2 is 1.94 bits per heavy atom. The lowest BCUT2D eigenvalue weighted by Crippen LogP contribution is -2.39. The molecule has 0 heterocycles. The van der Waals surface area contributed by atoms with Crippen LogP contribution in [0, 0.1) is 5.41 Å². The normalized spacial score (nSPS) is 11.7. The zero-order valence-electron chi connectivity index (χ0n) is 10.5. The van der Waals surface area contributed by atoms with Gasteiger partial charge >= 0.3 is 0 Å². The molecule has 6 heteroatoms. The first-order valence-corrected chi connectivity index (χ1v) is 6.06. The smallest absolute Gasteiger partial charge is 0.225 e. The summed E-state index contributed by atoms with van der Waals surface area (Å²) in [6.07, 6.45) is 0.866. The summed E-state index contributed by atoms with van der Waals surface area (Å²) in [6.45, 7) is 4.04. The van der Waals surface area contributed by atoms with Crippen LogP contribution in [0.2, 0.25) is 5.02 Å². The van der Waals surface area contributed by atoms with Crippen LogP contribution in [-0.4, -0.2) is 18.0 Å². The number of benzene rings is 1. The van der Waals surface area contributed by atoms with Crippen molar-refractivity contribution in [1.82, 2.24) is 0 Å². The molecule has 0 fully saturated rings. The molecule has 0 aliphatic carbocycles. The van der Waals surface area contributed by atoms with E-state index in [1.807, 2.05) is 26.0 Å². The highest BCUT2D eigenvalue weighted by atomic mass is 35.5. The van der Waals surface area contributed by atoms with Gasteiger partial charge in [-0.2, -0.15) is 4.99 Å². The van der Waals surface area contributed by atoms with Crippen LogP contribution in [0.25, 0.3) is 0 Å². The number of halogens is 1. The van der Waals surface area contributed by atoms with Crippen LogP contribution < -0.4 is 16.4 Å². The van der Waals surface area contributed by atoms with E-state index in [0.717, 1.165) is 12.1 Å². The molecule has 0 saturated carbocycles. The topological polar surface area (TPSA) is 91.5 Å². The largest absolute Gasteiger partial charge is 0.370 e. The van der Waals surface area contributed by atoms with Gasteiger partial charge in [0.15, 0.2) is 5.96 Å². The van der Waals surface area contributed by atoms with Gasteiger partial charge in [0.25, 0.3) is 0 Å². The second-order valence-electron chi connectivity index (χ2n) is 3.96. The predicted molar refractivity (Wildman–Crippen MR) is 77.2 cm³/mol. The lowest BCUT2D eigenvalue weighted by atomic mass is 10.2. The molecule has 0 amide bonds. The van der Waals surface area contributed by atoms with Crippen molar-refractivity contribution in [2.45, 2.75) is 26.3 Å². The minimum Gasteiger partial charge on any atom is -0.370 e. The fraction of sp³-hybridized carbons (Fsp3) is 0.333. The second kappa shape index (κ2) is 6.26. The van der Waals surface area contributed by atoms with Gasteiger partial charge in [0, 0.05) is 16.8 Å². The molecule has 1 atom stereocenters. The molecule has 0 radical (unpaired) electrons. The Morgan fingerprint density at radius 3 is 2.39 bits per heavy atom. The summed E-state index contributed by atoms with van der Waals surface area (Å²) in [5.74, 6) is -0.103. The van der Waals surface area contributed by atoms with E-state index in [1.165, 1.54) is 0 Å². The molecule has 0 spiro atoms. The molecular weight excluding hydrogens is 250 g/mol. The van der Waals surface area contributed by atoms with Crippen molar-refractivity contribution in [3.05, 3.63) is 29.3 Å². The number of nitrogens with one attached hydrogen (secondary N) is 1. The molecule has 0 aliphatic rings. The molecule has 0 aromatic heterocycles. The van der Waals surface area contributed by atoms with Crippen molar-refractivity contribution in [3.8, 4) is 0 Å². The zero-order chi connectivity index (χ0) is 13.7. The first-order chi connectivity index (χ1) is 8.45. The molecule has 0 aliphatic heterocycles. The van der Waals surface area contributed by atoms with Gasteiger partial charge in [0.2, 0.25) is 5.96 Å². The standard InChI is InChI=1S/C12H18ClN5/c1-3-8(2)18(12(16)17-11(14)15)10-6-4-9(13)5-7-10/h4-8H,3H2,1-2H3,(H5,14,15,16,17). The van der Waals surface area contributed by atoms with Crippen LogP contribution >= 0.6 is 11.6 Å². The fourth-order valence-electron chi connectivity index (χ4n) is 1.55. The van der Waals surface area contributed by atoms with E-state index in [2.05, 4.69) is 4.99 Å². The molecule has 1 aromatic rings. The van der Waals surface area contributed by atoms with E-state index in [0.29, 0.717) is 5.02 Å². The zero-order valence-corrected chi connectivity index (χ0v) is 11.3. The molecule has 1 unspecified atom stereocenters. The van der Waals surface area contributed by atoms with Crippen molar-refractivity contribution in [2.24, 2.45) is 16.5 Å². The molecular formula is C12H18ClN5. The van der Waals surface area contributed by atoms with Gasteiger partial charge in [-0.1, -0.05) is 18.5 Å². The summed E-state index contributed by atoms with van der Waals surface area (Å²) >= 11 is 5.85. The Bertz CT molecular complexity index is 436. The summed E-state index contributed by atoms with van der Waals surface area (Å²) < 4.78 is 0. The van der Waals surface area contributed by atoms with E-state index < -0.39 is 0 Å². The van der Waals surface area contributed by atoms with Crippen molar-refractivity contribution in [2.75, 3.05) is 4.90 Å². The van der Waals surface area contributed by atoms with Crippen LogP contribution in [-0.2, 0) is 0 Å². The van der Waals surface area contributed by atoms with Crippen LogP contribution in [0.5, 0.6) is 0 Å². The Labute approximate surface area is 112 Å². The summed E-state index contributed by atoms with van der Waals surface area (Å²) in [5.41, 5.74) is 11.5. The minimum absolute atomic E-state index is 0.0201. The SMILES string of the molecule is CCC(C)N(C(=N)N=C(N)N)c1ccc(Cl)cc1. The molecule has 1 rings (SSSR count). The average Bonchev–Trinajstić information content (AvgIpc) is 2.30. The summed E-state index contributed by atoms with van der Waals surface area (Å²) in [6, 6.07) is 7.34. The van der Waals surface area contributed by atoms with E-state index in [9.17, 15) is 0 Å². The highest BCUT2D eigenvalue weighted by Gasteiger charge is 2.17. The van der Waals surface area contributed by atoms with Gasteiger partial charge in [0.05, 0.1) is 0 Å². The number of hydrogen-bond donors (Lipinski definition) is 3. The average molecular weight is 268 g/mol. The maximum absolute atomic E-state index is 7.95. The van der Waals surface area contributed by atoms with E-state index in [-0.39, 0.29) is 18.0 Å². The number of nitrogens with two attached hydrogens (primary N) is 2. The van der Waals surface area contributed by atoms with Crippen LogP contribution in [0.1, 0.15) is 20.3 Å². The van der Waals surface area contributed by atoms with Crippen molar-refractivity contribution in [1.29, 1.82) is 5.41 Å². The lowest BCUT2D eigenvalue weighted by molar-refractivity contribution is 0.696. The molecule has 98 valence electrons. The molecule has 18 heavy (non-hydrogen) atoms. The lowest BCUT2D eigenvalue weighted by Gasteiger charge is -2.28. The molecule has 0 saturated heterocycles. The minimum atomic E-state index is -0.123. The molecule has 5 N–H and O–H groups in total. The first kappa shape index (κ1) is 14.3. The Balaban J connectivity index is 3.09. The van der Waals surface area contributed by atoms with Gasteiger partial charge in [-0.05, 0) is 37.6 Å². The van der Waals surface area contributed by atoms with E-state index in [4.69, 9.17) is 28.5 Å². The van der Waals surface area contributed by atoms with Crippen molar-refractivity contribution in [3.63, 3.8) is 0 Å².